The molecule has 0 radical (unpaired) electrons. The van der Waals surface area contributed by atoms with Crippen molar-refractivity contribution in [2.75, 3.05) is 26.2 Å². The van der Waals surface area contributed by atoms with Crippen molar-refractivity contribution in [3.63, 3.8) is 0 Å². The van der Waals surface area contributed by atoms with Gasteiger partial charge in [-0.05, 0) is 12.5 Å². The minimum absolute atomic E-state index is 0.0206. The molecule has 1 aliphatic heterocycles. The van der Waals surface area contributed by atoms with Crippen LogP contribution < -0.4 is 5.32 Å². The van der Waals surface area contributed by atoms with E-state index in [0.29, 0.717) is 5.56 Å². The molecular formula is C13H18F2N2. The summed E-state index contributed by atoms with van der Waals surface area (Å²) in [5.74, 6) is -1.45. The average Bonchev–Trinajstić information content (AvgIpc) is 2.37. The highest BCUT2D eigenvalue weighted by molar-refractivity contribution is 5.22. The van der Waals surface area contributed by atoms with E-state index in [9.17, 15) is 8.78 Å². The van der Waals surface area contributed by atoms with Crippen LogP contribution in [0.2, 0.25) is 0 Å². The summed E-state index contributed by atoms with van der Waals surface area (Å²) in [6, 6.07) is 4.42. The van der Waals surface area contributed by atoms with Crippen LogP contribution in [-0.2, 0) is 0 Å². The molecule has 1 N–H and O–H groups in total. The van der Waals surface area contributed by atoms with Crippen LogP contribution in [0.4, 0.5) is 8.78 Å². The summed E-state index contributed by atoms with van der Waals surface area (Å²) in [7, 11) is 0. The van der Waals surface area contributed by atoms with E-state index >= 15 is 0 Å². The van der Waals surface area contributed by atoms with E-state index in [1.165, 1.54) is 6.07 Å². The van der Waals surface area contributed by atoms with Crippen LogP contribution in [0.5, 0.6) is 0 Å². The first-order chi connectivity index (χ1) is 8.24. The Morgan fingerprint density at radius 2 is 2.00 bits per heavy atom. The lowest BCUT2D eigenvalue weighted by molar-refractivity contribution is 0.165. The van der Waals surface area contributed by atoms with Crippen LogP contribution in [0.15, 0.2) is 18.2 Å². The molecule has 1 aromatic rings. The summed E-state index contributed by atoms with van der Waals surface area (Å²) in [6.45, 7) is 5.60. The van der Waals surface area contributed by atoms with Crippen LogP contribution in [0.25, 0.3) is 0 Å². The van der Waals surface area contributed by atoms with Gasteiger partial charge in [-0.1, -0.05) is 19.1 Å². The maximum Gasteiger partial charge on any atom is 0.163 e. The van der Waals surface area contributed by atoms with Crippen molar-refractivity contribution in [2.24, 2.45) is 0 Å². The minimum atomic E-state index is -0.754. The summed E-state index contributed by atoms with van der Waals surface area (Å²) >= 11 is 0. The van der Waals surface area contributed by atoms with E-state index in [-0.39, 0.29) is 6.04 Å². The maximum absolute atomic E-state index is 13.8. The highest BCUT2D eigenvalue weighted by Crippen LogP contribution is 2.27. The second-order valence-electron chi connectivity index (χ2n) is 4.35. The molecule has 0 aliphatic carbocycles. The van der Waals surface area contributed by atoms with Gasteiger partial charge in [-0.15, -0.1) is 0 Å². The van der Waals surface area contributed by atoms with Crippen LogP contribution in [0.1, 0.15) is 24.9 Å². The molecule has 4 heteroatoms. The molecule has 0 bridgehead atoms. The smallest absolute Gasteiger partial charge is 0.163 e. The molecule has 1 heterocycles. The SMILES string of the molecule is CC[C@H](c1cccc(F)c1F)N1CCNCC1. The Morgan fingerprint density at radius 1 is 1.29 bits per heavy atom. The number of benzene rings is 1. The first-order valence-corrected chi connectivity index (χ1v) is 6.12. The van der Waals surface area contributed by atoms with E-state index in [0.717, 1.165) is 32.6 Å². The van der Waals surface area contributed by atoms with Crippen molar-refractivity contribution in [3.8, 4) is 0 Å². The van der Waals surface area contributed by atoms with Gasteiger partial charge < -0.3 is 5.32 Å². The lowest BCUT2D eigenvalue weighted by Crippen LogP contribution is -2.45. The summed E-state index contributed by atoms with van der Waals surface area (Å²) < 4.78 is 27.0. The van der Waals surface area contributed by atoms with Gasteiger partial charge in [-0.3, -0.25) is 4.90 Å². The van der Waals surface area contributed by atoms with E-state index in [1.54, 1.807) is 12.1 Å². The van der Waals surface area contributed by atoms with Crippen molar-refractivity contribution in [2.45, 2.75) is 19.4 Å². The van der Waals surface area contributed by atoms with E-state index in [2.05, 4.69) is 10.2 Å². The summed E-state index contributed by atoms with van der Waals surface area (Å²) in [5, 5.41) is 3.26. The third-order valence-corrected chi connectivity index (χ3v) is 3.32. The van der Waals surface area contributed by atoms with Gasteiger partial charge in [0.2, 0.25) is 0 Å². The zero-order chi connectivity index (χ0) is 12.3. The van der Waals surface area contributed by atoms with Gasteiger partial charge in [0.15, 0.2) is 11.6 Å². The maximum atomic E-state index is 13.8. The lowest BCUT2D eigenvalue weighted by atomic mass is 10.0. The molecule has 1 fully saturated rings. The molecule has 17 heavy (non-hydrogen) atoms. The van der Waals surface area contributed by atoms with Crippen molar-refractivity contribution in [1.82, 2.24) is 10.2 Å². The number of rotatable bonds is 3. The predicted molar refractivity (Wildman–Crippen MR) is 63.8 cm³/mol. The molecule has 0 amide bonds. The monoisotopic (exact) mass is 240 g/mol. The third kappa shape index (κ3) is 2.64. The Labute approximate surface area is 101 Å². The van der Waals surface area contributed by atoms with Crippen molar-refractivity contribution >= 4 is 0 Å². The quantitative estimate of drug-likeness (QED) is 0.872. The van der Waals surface area contributed by atoms with Gasteiger partial charge in [0.05, 0.1) is 0 Å². The van der Waals surface area contributed by atoms with Crippen molar-refractivity contribution < 1.29 is 8.78 Å². The molecule has 1 atom stereocenters. The predicted octanol–water partition coefficient (Wildman–Crippen LogP) is 2.32. The van der Waals surface area contributed by atoms with Gasteiger partial charge in [-0.2, -0.15) is 0 Å². The average molecular weight is 240 g/mol. The van der Waals surface area contributed by atoms with Gasteiger partial charge in [-0.25, -0.2) is 8.78 Å². The van der Waals surface area contributed by atoms with E-state index in [1.807, 2.05) is 6.92 Å². The topological polar surface area (TPSA) is 15.3 Å². The van der Waals surface area contributed by atoms with Crippen LogP contribution in [0, 0.1) is 11.6 Å². The second-order valence-corrected chi connectivity index (χ2v) is 4.35. The minimum Gasteiger partial charge on any atom is -0.314 e. The molecule has 0 spiro atoms. The van der Waals surface area contributed by atoms with Crippen LogP contribution in [0.3, 0.4) is 0 Å². The van der Waals surface area contributed by atoms with E-state index < -0.39 is 11.6 Å². The van der Waals surface area contributed by atoms with Crippen LogP contribution in [-0.4, -0.2) is 31.1 Å². The fourth-order valence-corrected chi connectivity index (χ4v) is 2.45. The molecule has 2 rings (SSSR count). The molecule has 1 aliphatic rings. The Morgan fingerprint density at radius 3 is 2.65 bits per heavy atom. The molecule has 1 saturated heterocycles. The number of piperazine rings is 1. The van der Waals surface area contributed by atoms with Crippen molar-refractivity contribution in [3.05, 3.63) is 35.4 Å². The summed E-state index contributed by atoms with van der Waals surface area (Å²) in [4.78, 5) is 2.22. The molecule has 0 unspecified atom stereocenters. The number of halogens is 2. The molecule has 0 saturated carbocycles. The summed E-state index contributed by atoms with van der Waals surface area (Å²) in [6.07, 6.45) is 0.792. The first-order valence-electron chi connectivity index (χ1n) is 6.12. The van der Waals surface area contributed by atoms with Crippen LogP contribution >= 0.6 is 0 Å². The van der Waals surface area contributed by atoms with Gasteiger partial charge in [0.1, 0.15) is 0 Å². The zero-order valence-electron chi connectivity index (χ0n) is 10.0. The van der Waals surface area contributed by atoms with Gasteiger partial charge >= 0.3 is 0 Å². The Balaban J connectivity index is 2.24. The normalized spacial score (nSPS) is 19.2. The first kappa shape index (κ1) is 12.5. The molecule has 1 aromatic carbocycles. The molecule has 94 valence electrons. The number of nitrogens with zero attached hydrogens (tertiary/aromatic N) is 1. The fraction of sp³-hybridized carbons (Fsp3) is 0.538. The number of nitrogens with one attached hydrogen (secondary N) is 1. The molecular weight excluding hydrogens is 222 g/mol. The highest BCUT2D eigenvalue weighted by atomic mass is 19.2. The lowest BCUT2D eigenvalue weighted by Gasteiger charge is -2.34. The van der Waals surface area contributed by atoms with Gasteiger partial charge in [0, 0.05) is 37.8 Å². The van der Waals surface area contributed by atoms with E-state index in [4.69, 9.17) is 0 Å². The standard InChI is InChI=1S/C13H18F2N2/c1-2-12(17-8-6-16-7-9-17)10-4-3-5-11(14)13(10)15/h3-5,12,16H,2,6-9H2,1H3/t12-/m1/s1. The van der Waals surface area contributed by atoms with Gasteiger partial charge in [0.25, 0.3) is 0 Å². The highest BCUT2D eigenvalue weighted by Gasteiger charge is 2.24. The molecule has 0 aromatic heterocycles. The second kappa shape index (κ2) is 5.56. The third-order valence-electron chi connectivity index (χ3n) is 3.32. The molecule has 2 nitrogen and oxygen atoms in total. The Kier molecular flexibility index (Phi) is 4.07. The zero-order valence-corrected chi connectivity index (χ0v) is 10.0. The Hall–Kier alpha value is -1.00. The Bertz CT molecular complexity index is 376. The largest absolute Gasteiger partial charge is 0.314 e. The number of hydrogen-bond acceptors (Lipinski definition) is 2. The summed E-state index contributed by atoms with van der Waals surface area (Å²) in [5.41, 5.74) is 0.481. The number of hydrogen-bond donors (Lipinski definition) is 1. The fourth-order valence-electron chi connectivity index (χ4n) is 2.45. The van der Waals surface area contributed by atoms with Crippen molar-refractivity contribution in [1.29, 1.82) is 0 Å².